The van der Waals surface area contributed by atoms with Crippen molar-refractivity contribution in [2.45, 2.75) is 25.9 Å². The minimum Gasteiger partial charge on any atom is -0.443 e. The van der Waals surface area contributed by atoms with Gasteiger partial charge in [0.1, 0.15) is 11.6 Å². The number of anilines is 2. The third-order valence-corrected chi connectivity index (χ3v) is 6.17. The van der Waals surface area contributed by atoms with Crippen molar-refractivity contribution in [2.75, 3.05) is 16.4 Å². The maximum atomic E-state index is 12.7. The molecule has 7 nitrogen and oxygen atoms in total. The van der Waals surface area contributed by atoms with Crippen LogP contribution in [0.4, 0.5) is 11.5 Å². The summed E-state index contributed by atoms with van der Waals surface area (Å²) in [7, 11) is 0. The molecule has 0 saturated carbocycles. The van der Waals surface area contributed by atoms with Crippen LogP contribution in [0.3, 0.4) is 0 Å². The van der Waals surface area contributed by atoms with Gasteiger partial charge >= 0.3 is 0 Å². The first kappa shape index (κ1) is 22.8. The second-order valence-electron chi connectivity index (χ2n) is 7.46. The second kappa shape index (κ2) is 9.64. The molecule has 2 amide bonds. The van der Waals surface area contributed by atoms with Crippen molar-refractivity contribution < 1.29 is 14.0 Å². The van der Waals surface area contributed by atoms with Crippen LogP contribution in [-0.2, 0) is 4.79 Å². The lowest BCUT2D eigenvalue weighted by atomic mass is 10.2. The average Bonchev–Trinajstić information content (AvgIpc) is 3.08. The molecule has 2 heterocycles. The van der Waals surface area contributed by atoms with Crippen molar-refractivity contribution in [3.05, 3.63) is 76.0 Å². The van der Waals surface area contributed by atoms with Crippen LogP contribution in [0, 0.1) is 20.8 Å². The van der Waals surface area contributed by atoms with Gasteiger partial charge in [-0.05, 0) is 50.6 Å². The normalized spacial score (nSPS) is 10.9. The summed E-state index contributed by atoms with van der Waals surface area (Å²) >= 11 is 7.33. The molecule has 0 radical (unpaired) electrons. The highest BCUT2D eigenvalue weighted by atomic mass is 35.5. The number of hydrogen-bond acceptors (Lipinski definition) is 6. The number of nitrogens with zero attached hydrogens (tertiary/aromatic N) is 2. The lowest BCUT2D eigenvalue weighted by molar-refractivity contribution is -0.113. The van der Waals surface area contributed by atoms with Crippen LogP contribution in [0.2, 0.25) is 5.02 Å². The second-order valence-corrected chi connectivity index (χ2v) is 8.81. The highest BCUT2D eigenvalue weighted by molar-refractivity contribution is 7.99. The molecular weight excluding hydrogens is 460 g/mol. The minimum absolute atomic E-state index is 0.0560. The number of aromatic nitrogens is 2. The predicted molar refractivity (Wildman–Crippen MR) is 131 cm³/mol. The van der Waals surface area contributed by atoms with Crippen LogP contribution in [0.15, 0.2) is 58.1 Å². The smallest absolute Gasteiger partial charge is 0.256 e. The summed E-state index contributed by atoms with van der Waals surface area (Å²) in [6.45, 7) is 5.63. The van der Waals surface area contributed by atoms with E-state index in [0.29, 0.717) is 44.1 Å². The molecule has 0 bridgehead atoms. The fourth-order valence-electron chi connectivity index (χ4n) is 3.19. The molecule has 0 saturated heterocycles. The molecule has 2 N–H and O–H groups in total. The fourth-order valence-corrected chi connectivity index (χ4v) is 4.11. The zero-order valence-corrected chi connectivity index (χ0v) is 19.8. The van der Waals surface area contributed by atoms with Gasteiger partial charge in [0.2, 0.25) is 11.6 Å². The number of benzene rings is 2. The van der Waals surface area contributed by atoms with E-state index in [1.165, 1.54) is 0 Å². The summed E-state index contributed by atoms with van der Waals surface area (Å²) in [5, 5.41) is 7.06. The topological polar surface area (TPSA) is 97.1 Å². The Kier molecular flexibility index (Phi) is 6.67. The molecule has 9 heteroatoms. The first-order chi connectivity index (χ1) is 15.8. The predicted octanol–water partition coefficient (Wildman–Crippen LogP) is 5.78. The Morgan fingerprint density at radius 3 is 2.52 bits per heavy atom. The first-order valence-corrected chi connectivity index (χ1v) is 11.5. The molecule has 0 spiro atoms. The van der Waals surface area contributed by atoms with E-state index in [-0.39, 0.29) is 17.6 Å². The number of thioether (sulfide) groups is 1. The van der Waals surface area contributed by atoms with Crippen molar-refractivity contribution >= 4 is 57.8 Å². The van der Waals surface area contributed by atoms with Gasteiger partial charge in [-0.2, -0.15) is 4.98 Å². The number of carbonyl (C=O) groups excluding carboxylic acids is 2. The quantitative estimate of drug-likeness (QED) is 0.268. The number of amides is 2. The monoisotopic (exact) mass is 480 g/mol. The standard InChI is InChI=1S/C24H21ClN4O3S/c1-13-9-10-18(17(25)11-13)26-19(30)12-33-24-28-21(20-14(2)15(3)32-23(20)29-24)27-22(31)16-7-5-4-6-8-16/h4-11H,12H2,1-3H3,(H,26,30)(H,27,28,29,31). The van der Waals surface area contributed by atoms with Crippen LogP contribution in [0.25, 0.3) is 11.1 Å². The van der Waals surface area contributed by atoms with Crippen LogP contribution >= 0.6 is 23.4 Å². The molecule has 2 aromatic heterocycles. The van der Waals surface area contributed by atoms with E-state index in [0.717, 1.165) is 22.9 Å². The van der Waals surface area contributed by atoms with Gasteiger partial charge in [-0.15, -0.1) is 0 Å². The Bertz CT molecular complexity index is 1360. The van der Waals surface area contributed by atoms with Crippen molar-refractivity contribution in [3.63, 3.8) is 0 Å². The van der Waals surface area contributed by atoms with Gasteiger partial charge in [0.05, 0.1) is 21.8 Å². The third-order valence-electron chi connectivity index (χ3n) is 5.01. The van der Waals surface area contributed by atoms with Gasteiger partial charge in [0.25, 0.3) is 5.91 Å². The Hall–Kier alpha value is -3.36. The van der Waals surface area contributed by atoms with E-state index >= 15 is 0 Å². The van der Waals surface area contributed by atoms with Crippen molar-refractivity contribution in [3.8, 4) is 0 Å². The van der Waals surface area contributed by atoms with Gasteiger partial charge in [0.15, 0.2) is 5.16 Å². The van der Waals surface area contributed by atoms with Crippen molar-refractivity contribution in [2.24, 2.45) is 0 Å². The SMILES string of the molecule is Cc1ccc(NC(=O)CSc2nc(NC(=O)c3ccccc3)c3c(C)c(C)oc3n2)c(Cl)c1. The van der Waals surface area contributed by atoms with E-state index in [9.17, 15) is 9.59 Å². The number of rotatable bonds is 6. The lowest BCUT2D eigenvalue weighted by Crippen LogP contribution is -2.15. The maximum absolute atomic E-state index is 12.7. The molecule has 0 aliphatic rings. The highest BCUT2D eigenvalue weighted by Crippen LogP contribution is 2.31. The number of hydrogen-bond donors (Lipinski definition) is 2. The van der Waals surface area contributed by atoms with Gasteiger partial charge < -0.3 is 15.1 Å². The van der Waals surface area contributed by atoms with Crippen LogP contribution in [0.5, 0.6) is 0 Å². The Morgan fingerprint density at radius 1 is 1.03 bits per heavy atom. The largest absolute Gasteiger partial charge is 0.443 e. The number of nitrogens with one attached hydrogen (secondary N) is 2. The third kappa shape index (κ3) is 5.18. The van der Waals surface area contributed by atoms with Gasteiger partial charge in [0, 0.05) is 11.1 Å². The molecule has 0 aliphatic carbocycles. The fraction of sp³-hybridized carbons (Fsp3) is 0.167. The minimum atomic E-state index is -0.295. The number of halogens is 1. The van der Waals surface area contributed by atoms with E-state index in [1.54, 1.807) is 36.4 Å². The van der Waals surface area contributed by atoms with Crippen molar-refractivity contribution in [1.29, 1.82) is 0 Å². The highest BCUT2D eigenvalue weighted by Gasteiger charge is 2.19. The van der Waals surface area contributed by atoms with Gasteiger partial charge in [-0.1, -0.05) is 47.6 Å². The molecule has 4 aromatic rings. The van der Waals surface area contributed by atoms with E-state index in [2.05, 4.69) is 20.6 Å². The summed E-state index contributed by atoms with van der Waals surface area (Å²) in [5.74, 6) is 0.532. The Labute approximate surface area is 199 Å². The summed E-state index contributed by atoms with van der Waals surface area (Å²) < 4.78 is 5.76. The molecular formula is C24H21ClN4O3S. The average molecular weight is 481 g/mol. The van der Waals surface area contributed by atoms with Crippen LogP contribution < -0.4 is 10.6 Å². The van der Waals surface area contributed by atoms with E-state index in [4.69, 9.17) is 16.0 Å². The van der Waals surface area contributed by atoms with Crippen molar-refractivity contribution in [1.82, 2.24) is 9.97 Å². The summed E-state index contributed by atoms with van der Waals surface area (Å²) in [6, 6.07) is 14.3. The van der Waals surface area contributed by atoms with Crippen LogP contribution in [0.1, 0.15) is 27.2 Å². The summed E-state index contributed by atoms with van der Waals surface area (Å²) in [4.78, 5) is 34.1. The first-order valence-electron chi connectivity index (χ1n) is 10.1. The van der Waals surface area contributed by atoms with Gasteiger partial charge in [-0.25, -0.2) is 4.98 Å². The van der Waals surface area contributed by atoms with E-state index < -0.39 is 0 Å². The Morgan fingerprint density at radius 2 is 1.79 bits per heavy atom. The zero-order chi connectivity index (χ0) is 23.5. The molecule has 2 aromatic carbocycles. The summed E-state index contributed by atoms with van der Waals surface area (Å²) in [6.07, 6.45) is 0. The lowest BCUT2D eigenvalue weighted by Gasteiger charge is -2.09. The summed E-state index contributed by atoms with van der Waals surface area (Å²) in [5.41, 5.74) is 3.25. The van der Waals surface area contributed by atoms with Gasteiger partial charge in [-0.3, -0.25) is 9.59 Å². The van der Waals surface area contributed by atoms with E-state index in [1.807, 2.05) is 32.9 Å². The Balaban J connectivity index is 1.55. The number of aryl methyl sites for hydroxylation is 3. The molecule has 0 unspecified atom stereocenters. The molecule has 0 fully saturated rings. The number of fused-ring (bicyclic) bond motifs is 1. The molecule has 0 atom stereocenters. The number of carbonyl (C=O) groups is 2. The van der Waals surface area contributed by atoms with Crippen LogP contribution in [-0.4, -0.2) is 27.5 Å². The molecule has 0 aliphatic heterocycles. The molecule has 168 valence electrons. The molecule has 33 heavy (non-hydrogen) atoms. The zero-order valence-electron chi connectivity index (χ0n) is 18.2. The maximum Gasteiger partial charge on any atom is 0.256 e. The number of furan rings is 1. The molecule has 4 rings (SSSR count).